The molecule has 246 valence electrons. The summed E-state index contributed by atoms with van der Waals surface area (Å²) < 4.78 is 1.72. The number of nitrogens with two attached hydrogens (primary N) is 1. The molecule has 1 aliphatic carbocycles. The maximum Gasteiger partial charge on any atom is 0.252 e. The van der Waals surface area contributed by atoms with Crippen molar-refractivity contribution in [1.82, 2.24) is 19.7 Å². The minimum atomic E-state index is -0.879. The highest BCUT2D eigenvalue weighted by Crippen LogP contribution is 2.41. The molecule has 2 atom stereocenters. The molecule has 47 heavy (non-hydrogen) atoms. The van der Waals surface area contributed by atoms with Gasteiger partial charge in [-0.15, -0.1) is 0 Å². The quantitative estimate of drug-likeness (QED) is 0.182. The number of aliphatic hydroxyl groups excluding tert-OH is 1. The first-order valence-corrected chi connectivity index (χ1v) is 17.1. The van der Waals surface area contributed by atoms with Crippen LogP contribution in [0.5, 0.6) is 0 Å². The minimum absolute atomic E-state index is 0.122. The smallest absolute Gasteiger partial charge is 0.252 e. The number of nitrogens with zero attached hydrogens (tertiary/aromatic N) is 4. The van der Waals surface area contributed by atoms with Gasteiger partial charge < -0.3 is 21.1 Å². The van der Waals surface area contributed by atoms with E-state index in [9.17, 15) is 14.7 Å². The fraction of sp³-hybridized carbons (Fsp3) is 0.421. The third-order valence-electron chi connectivity index (χ3n) is 9.90. The van der Waals surface area contributed by atoms with Crippen molar-refractivity contribution in [1.29, 1.82) is 0 Å². The third-order valence-corrected chi connectivity index (χ3v) is 9.90. The molecule has 0 bridgehead atoms. The van der Waals surface area contributed by atoms with Crippen LogP contribution < -0.4 is 11.1 Å². The molecule has 2 aromatic heterocycles. The number of fused-ring (bicyclic) bond motifs is 1. The Bertz CT molecular complexity index is 1760. The lowest BCUT2D eigenvalue weighted by atomic mass is 9.85. The Hall–Kier alpha value is -4.50. The Labute approximate surface area is 277 Å². The second-order valence-electron chi connectivity index (χ2n) is 12.8. The van der Waals surface area contributed by atoms with Gasteiger partial charge in [-0.05, 0) is 97.4 Å². The minimum Gasteiger partial charge on any atom is -0.383 e. The number of nitrogens with one attached hydrogen (secondary N) is 1. The predicted octanol–water partition coefficient (Wildman–Crippen LogP) is 6.12. The van der Waals surface area contributed by atoms with E-state index < -0.39 is 12.0 Å². The Kier molecular flexibility index (Phi) is 9.73. The second-order valence-corrected chi connectivity index (χ2v) is 12.8. The van der Waals surface area contributed by atoms with Crippen molar-refractivity contribution in [3.05, 3.63) is 94.3 Å². The van der Waals surface area contributed by atoms with E-state index in [4.69, 9.17) is 10.7 Å². The first-order valence-electron chi connectivity index (χ1n) is 17.1. The summed E-state index contributed by atoms with van der Waals surface area (Å²) >= 11 is 0. The summed E-state index contributed by atoms with van der Waals surface area (Å²) in [6.07, 6.45) is 7.32. The molecule has 1 saturated heterocycles. The first kappa shape index (κ1) is 32.4. The number of anilines is 1. The van der Waals surface area contributed by atoms with E-state index >= 15 is 0 Å². The normalized spacial score (nSPS) is 17.0. The molecule has 1 fully saturated rings. The topological polar surface area (TPSA) is 126 Å². The van der Waals surface area contributed by atoms with Gasteiger partial charge >= 0.3 is 0 Å². The zero-order valence-electron chi connectivity index (χ0n) is 27.7. The Morgan fingerprint density at radius 1 is 1.02 bits per heavy atom. The predicted molar refractivity (Wildman–Crippen MR) is 185 cm³/mol. The molecule has 4 N–H and O–H groups in total. The number of aryl methyl sites for hydroxylation is 2. The number of carbonyl (C=O) groups excluding carboxylic acids is 2. The fourth-order valence-corrected chi connectivity index (χ4v) is 7.48. The molecular weight excluding hydrogens is 588 g/mol. The number of likely N-dealkylation sites (tertiary alicyclic amines) is 1. The molecular formula is C38H46N6O3. The highest BCUT2D eigenvalue weighted by Gasteiger charge is 2.29. The van der Waals surface area contributed by atoms with Crippen LogP contribution in [0.4, 0.5) is 5.69 Å². The number of primary amides is 1. The lowest BCUT2D eigenvalue weighted by Gasteiger charge is -2.34. The van der Waals surface area contributed by atoms with Crippen molar-refractivity contribution in [2.45, 2.75) is 90.2 Å². The largest absolute Gasteiger partial charge is 0.383 e. The van der Waals surface area contributed by atoms with Gasteiger partial charge in [0.05, 0.1) is 29.2 Å². The van der Waals surface area contributed by atoms with Gasteiger partial charge in [0, 0.05) is 24.3 Å². The van der Waals surface area contributed by atoms with Crippen molar-refractivity contribution in [2.75, 3.05) is 18.4 Å². The van der Waals surface area contributed by atoms with Crippen LogP contribution in [0.1, 0.15) is 103 Å². The van der Waals surface area contributed by atoms with Crippen LogP contribution in [0.25, 0.3) is 17.1 Å². The molecule has 4 aromatic rings. The number of pyridine rings is 1. The summed E-state index contributed by atoms with van der Waals surface area (Å²) in [4.78, 5) is 31.5. The van der Waals surface area contributed by atoms with Crippen molar-refractivity contribution in [3.8, 4) is 17.1 Å². The van der Waals surface area contributed by atoms with Gasteiger partial charge in [0.1, 0.15) is 6.10 Å². The van der Waals surface area contributed by atoms with E-state index in [1.54, 1.807) is 4.68 Å². The fourth-order valence-electron chi connectivity index (χ4n) is 7.48. The molecule has 1 unspecified atom stereocenters. The number of amides is 2. The zero-order chi connectivity index (χ0) is 33.1. The van der Waals surface area contributed by atoms with Gasteiger partial charge in [-0.3, -0.25) is 9.59 Å². The summed E-state index contributed by atoms with van der Waals surface area (Å²) in [5.41, 5.74) is 15.2. The van der Waals surface area contributed by atoms with Gasteiger partial charge in [0.15, 0.2) is 5.82 Å². The number of rotatable bonds is 11. The zero-order valence-corrected chi connectivity index (χ0v) is 27.7. The summed E-state index contributed by atoms with van der Waals surface area (Å²) in [6, 6.07) is 19.3. The van der Waals surface area contributed by atoms with Crippen molar-refractivity contribution in [3.63, 3.8) is 0 Å². The number of hydrogen-bond donors (Lipinski definition) is 3. The van der Waals surface area contributed by atoms with E-state index in [-0.39, 0.29) is 11.9 Å². The maximum absolute atomic E-state index is 12.6. The van der Waals surface area contributed by atoms with E-state index in [1.807, 2.05) is 36.9 Å². The summed E-state index contributed by atoms with van der Waals surface area (Å²) in [5, 5.41) is 18.5. The van der Waals surface area contributed by atoms with Crippen LogP contribution in [0.3, 0.4) is 0 Å². The molecule has 0 spiro atoms. The number of benzene rings is 2. The van der Waals surface area contributed by atoms with Gasteiger partial charge in [0.25, 0.3) is 11.8 Å². The molecule has 2 aromatic carbocycles. The van der Waals surface area contributed by atoms with Crippen molar-refractivity contribution in [2.24, 2.45) is 5.73 Å². The third kappa shape index (κ3) is 6.54. The van der Waals surface area contributed by atoms with Crippen LogP contribution in [-0.4, -0.2) is 55.8 Å². The monoisotopic (exact) mass is 634 g/mol. The standard InChI is InChI=1S/C38H46N6O3/c1-4-9-34(45)38(47)43-20-18-25(19-21-43)28-16-15-27(22-24(28)5-2)41-32-17-14-26-10-7-11-29(36(26)32)31-12-8-13-35(42-31)44-33(6-3)30(23-40-44)37(39)46/h7-8,10-13,15-16,22-23,25,32,34,41,45H,4-6,9,14,17-21H2,1-3H3,(H2,39,46)/t32?,34-/m0/s1. The molecule has 1 aliphatic heterocycles. The van der Waals surface area contributed by atoms with Crippen LogP contribution in [0.2, 0.25) is 0 Å². The van der Waals surface area contributed by atoms with Crippen LogP contribution in [-0.2, 0) is 24.1 Å². The van der Waals surface area contributed by atoms with Gasteiger partial charge in [-0.2, -0.15) is 5.10 Å². The van der Waals surface area contributed by atoms with E-state index in [1.165, 1.54) is 28.5 Å². The van der Waals surface area contributed by atoms with Crippen LogP contribution in [0.15, 0.2) is 60.8 Å². The Morgan fingerprint density at radius 3 is 2.53 bits per heavy atom. The maximum atomic E-state index is 12.6. The highest BCUT2D eigenvalue weighted by molar-refractivity contribution is 5.93. The average molecular weight is 635 g/mol. The summed E-state index contributed by atoms with van der Waals surface area (Å²) in [7, 11) is 0. The molecule has 2 amide bonds. The van der Waals surface area contributed by atoms with E-state index in [0.717, 1.165) is 61.2 Å². The molecule has 0 radical (unpaired) electrons. The molecule has 9 heteroatoms. The lowest BCUT2D eigenvalue weighted by Crippen LogP contribution is -2.43. The van der Waals surface area contributed by atoms with Gasteiger partial charge in [-0.1, -0.05) is 57.5 Å². The molecule has 0 saturated carbocycles. The van der Waals surface area contributed by atoms with E-state index in [0.29, 0.717) is 43.2 Å². The van der Waals surface area contributed by atoms with Crippen LogP contribution in [0, 0.1) is 0 Å². The highest BCUT2D eigenvalue weighted by atomic mass is 16.3. The Morgan fingerprint density at radius 2 is 1.81 bits per heavy atom. The first-order chi connectivity index (χ1) is 22.8. The van der Waals surface area contributed by atoms with Crippen molar-refractivity contribution >= 4 is 17.5 Å². The molecule has 9 nitrogen and oxygen atoms in total. The Balaban J connectivity index is 1.21. The second kappa shape index (κ2) is 14.1. The summed E-state index contributed by atoms with van der Waals surface area (Å²) in [5.74, 6) is 0.454. The van der Waals surface area contributed by atoms with Gasteiger partial charge in [-0.25, -0.2) is 9.67 Å². The number of hydrogen-bond acceptors (Lipinski definition) is 6. The average Bonchev–Trinajstić information content (AvgIpc) is 3.73. The number of aromatic nitrogens is 3. The summed E-state index contributed by atoms with van der Waals surface area (Å²) in [6.45, 7) is 7.56. The number of piperidine rings is 1. The van der Waals surface area contributed by atoms with Crippen molar-refractivity contribution < 1.29 is 14.7 Å². The molecule has 2 aliphatic rings. The lowest BCUT2D eigenvalue weighted by molar-refractivity contribution is -0.141. The van der Waals surface area contributed by atoms with E-state index in [2.05, 4.69) is 53.7 Å². The van der Waals surface area contributed by atoms with Gasteiger partial charge in [0.2, 0.25) is 0 Å². The number of carbonyl (C=O) groups is 2. The number of aliphatic hydroxyl groups is 1. The molecule has 3 heterocycles. The van der Waals surface area contributed by atoms with Crippen LogP contribution >= 0.6 is 0 Å². The SMILES string of the molecule is CCC[C@H](O)C(=O)N1CCC(c2ccc(NC3CCc4cccc(-c5cccc(-n6ncc(C(N)=O)c6CC)n5)c43)cc2CC)CC1. The molecule has 6 rings (SSSR count).